The Morgan fingerprint density at radius 1 is 0.979 bits per heavy atom. The van der Waals surface area contributed by atoms with Crippen molar-refractivity contribution < 1.29 is 54.5 Å². The van der Waals surface area contributed by atoms with Crippen LogP contribution in [-0.4, -0.2) is 96.8 Å². The number of esters is 1. The number of alkyl halides is 1. The van der Waals surface area contributed by atoms with E-state index in [9.17, 15) is 39.9 Å². The van der Waals surface area contributed by atoms with Gasteiger partial charge in [0.25, 0.3) is 0 Å². The highest BCUT2D eigenvalue weighted by Crippen LogP contribution is 2.28. The smallest absolute Gasteiger partial charge is 0.405 e. The maximum atomic E-state index is 12.1. The minimum absolute atomic E-state index is 0.0622. The van der Waals surface area contributed by atoms with E-state index in [-0.39, 0.29) is 17.9 Å². The molecule has 0 bridgehead atoms. The average Bonchev–Trinajstić information content (AvgIpc) is 3.02. The number of ether oxygens (including phenoxy) is 2. The maximum Gasteiger partial charge on any atom is 0.405 e. The zero-order valence-corrected chi connectivity index (χ0v) is 28.2. The second-order valence-corrected chi connectivity index (χ2v) is 12.2. The number of halogens is 2. The van der Waals surface area contributed by atoms with Crippen molar-refractivity contribution in [2.45, 2.75) is 101 Å². The number of carbonyl (C=O) groups excluding carboxylic acids is 2. The third-order valence-electron chi connectivity index (χ3n) is 7.47. The summed E-state index contributed by atoms with van der Waals surface area (Å²) in [5.41, 5.74) is 5.86. The van der Waals surface area contributed by atoms with Gasteiger partial charge in [-0.15, -0.1) is 11.6 Å². The molecule has 12 nitrogen and oxygen atoms in total. The van der Waals surface area contributed by atoms with Gasteiger partial charge in [-0.3, -0.25) is 4.79 Å². The van der Waals surface area contributed by atoms with Crippen molar-refractivity contribution in [3.63, 3.8) is 0 Å². The number of primary amides is 1. The van der Waals surface area contributed by atoms with Crippen LogP contribution in [0.15, 0.2) is 71.4 Å². The summed E-state index contributed by atoms with van der Waals surface area (Å²) in [4.78, 5) is 34.4. The van der Waals surface area contributed by atoms with Gasteiger partial charge in [-0.05, 0) is 38.3 Å². The summed E-state index contributed by atoms with van der Waals surface area (Å²) in [5.74, 6) is -3.13. The molecule has 47 heavy (non-hydrogen) atoms. The summed E-state index contributed by atoms with van der Waals surface area (Å²) in [6.45, 7) is 5.18. The molecule has 264 valence electrons. The number of nitrogens with two attached hydrogens (primary N) is 1. The fourth-order valence-corrected chi connectivity index (χ4v) is 5.03. The molecule has 0 spiro atoms. The molecule has 1 aliphatic rings. The summed E-state index contributed by atoms with van der Waals surface area (Å²) >= 11 is 12.5. The predicted octanol–water partition coefficient (Wildman–Crippen LogP) is 3.39. The first kappa shape index (κ1) is 42.1. The first-order chi connectivity index (χ1) is 22.1. The van der Waals surface area contributed by atoms with Gasteiger partial charge in [0.15, 0.2) is 0 Å². The summed E-state index contributed by atoms with van der Waals surface area (Å²) in [6, 6.07) is 0. The fraction of sp³-hybridized carbons (Fsp3) is 0.545. The molecule has 0 aliphatic heterocycles. The molecule has 0 aromatic carbocycles. The van der Waals surface area contributed by atoms with Crippen LogP contribution in [0.3, 0.4) is 0 Å². The molecule has 0 saturated heterocycles. The van der Waals surface area contributed by atoms with Crippen LogP contribution < -0.4 is 5.73 Å². The third-order valence-corrected chi connectivity index (χ3v) is 8.48. The SMILES string of the molecule is CC/C=C/[C@H](OC(N)=O)[C@@H](Cl)[C@H](O)C[C@H](O)[C@@H](O)[C@@H](O)[C@H](C)\C(Cl)=C/C=C/C=C(C)/C=C/C=C/C(=O)O[C@H]1C[C@H](C(=O)O)CC[C@@H]1O. The van der Waals surface area contributed by atoms with E-state index in [1.807, 2.05) is 6.92 Å². The van der Waals surface area contributed by atoms with Crippen LogP contribution in [0.4, 0.5) is 4.79 Å². The second kappa shape index (κ2) is 21.8. The van der Waals surface area contributed by atoms with Gasteiger partial charge in [0, 0.05) is 29.9 Å². The number of aliphatic hydroxyl groups excluding tert-OH is 5. The number of carboxylic acids is 1. The molecule has 0 radical (unpaired) electrons. The normalized spacial score (nSPS) is 24.3. The summed E-state index contributed by atoms with van der Waals surface area (Å²) < 4.78 is 10.1. The lowest BCUT2D eigenvalue weighted by molar-refractivity contribution is -0.159. The molecule has 8 N–H and O–H groups in total. The highest BCUT2D eigenvalue weighted by atomic mass is 35.5. The Bertz CT molecular complexity index is 1200. The second-order valence-electron chi connectivity index (χ2n) is 11.3. The lowest BCUT2D eigenvalue weighted by atomic mass is 9.85. The molecule has 1 saturated carbocycles. The van der Waals surface area contributed by atoms with Crippen molar-refractivity contribution in [3.05, 3.63) is 71.4 Å². The number of aliphatic hydroxyl groups is 5. The van der Waals surface area contributed by atoms with Crippen LogP contribution >= 0.6 is 23.2 Å². The molecule has 1 fully saturated rings. The lowest BCUT2D eigenvalue weighted by Gasteiger charge is -2.30. The van der Waals surface area contributed by atoms with Crippen LogP contribution in [0.5, 0.6) is 0 Å². The molecule has 1 aliphatic carbocycles. The van der Waals surface area contributed by atoms with E-state index < -0.39 is 84.4 Å². The number of aliphatic carboxylic acids is 1. The maximum absolute atomic E-state index is 12.1. The first-order valence-electron chi connectivity index (χ1n) is 15.2. The molecular formula is C33H47Cl2NO11. The number of amides is 1. The zero-order chi connectivity index (χ0) is 35.7. The average molecular weight is 705 g/mol. The van der Waals surface area contributed by atoms with E-state index in [0.29, 0.717) is 12.8 Å². The Balaban J connectivity index is 2.65. The van der Waals surface area contributed by atoms with Crippen molar-refractivity contribution in [2.75, 3.05) is 0 Å². The van der Waals surface area contributed by atoms with E-state index in [1.54, 1.807) is 50.3 Å². The molecule has 1 amide bonds. The van der Waals surface area contributed by atoms with Crippen molar-refractivity contribution in [1.29, 1.82) is 0 Å². The number of allylic oxidation sites excluding steroid dienone is 9. The summed E-state index contributed by atoms with van der Waals surface area (Å²) in [5, 5.41) is 60.2. The van der Waals surface area contributed by atoms with Crippen molar-refractivity contribution in [2.24, 2.45) is 17.6 Å². The quantitative estimate of drug-likeness (QED) is 0.0361. The molecule has 10 atom stereocenters. The largest absolute Gasteiger partial charge is 0.481 e. The number of hydrogen-bond acceptors (Lipinski definition) is 10. The summed E-state index contributed by atoms with van der Waals surface area (Å²) in [6.07, 6.45) is 6.21. The highest BCUT2D eigenvalue weighted by molar-refractivity contribution is 6.30. The van der Waals surface area contributed by atoms with Gasteiger partial charge >= 0.3 is 18.0 Å². The minimum Gasteiger partial charge on any atom is -0.481 e. The number of hydrogen-bond donors (Lipinski definition) is 7. The molecule has 14 heteroatoms. The molecule has 1 rings (SSSR count). The molecule has 0 aromatic heterocycles. The number of rotatable bonds is 18. The Morgan fingerprint density at radius 2 is 1.62 bits per heavy atom. The third kappa shape index (κ3) is 15.7. The Morgan fingerprint density at radius 3 is 2.23 bits per heavy atom. The van der Waals surface area contributed by atoms with E-state index in [2.05, 4.69) is 0 Å². The van der Waals surface area contributed by atoms with E-state index in [4.69, 9.17) is 43.5 Å². The van der Waals surface area contributed by atoms with Gasteiger partial charge < -0.3 is 45.8 Å². The van der Waals surface area contributed by atoms with Crippen molar-refractivity contribution in [3.8, 4) is 0 Å². The van der Waals surface area contributed by atoms with E-state index in [1.165, 1.54) is 24.3 Å². The topological polar surface area (TPSA) is 217 Å². The Hall–Kier alpha value is -2.97. The molecule has 0 unspecified atom stereocenters. The van der Waals surface area contributed by atoms with Crippen LogP contribution in [0.25, 0.3) is 0 Å². The van der Waals surface area contributed by atoms with Gasteiger partial charge in [-0.2, -0.15) is 0 Å². The molecule has 0 heterocycles. The highest BCUT2D eigenvalue weighted by Gasteiger charge is 2.36. The summed E-state index contributed by atoms with van der Waals surface area (Å²) in [7, 11) is 0. The molecule has 0 aromatic rings. The van der Waals surface area contributed by atoms with Gasteiger partial charge in [0.05, 0.1) is 30.3 Å². The minimum atomic E-state index is -1.69. The van der Waals surface area contributed by atoms with Crippen molar-refractivity contribution >= 4 is 41.2 Å². The number of carboxylic acid groups (broad SMARTS) is 1. The van der Waals surface area contributed by atoms with Crippen LogP contribution in [-0.2, 0) is 19.1 Å². The monoisotopic (exact) mass is 703 g/mol. The Kier molecular flexibility index (Phi) is 19.5. The van der Waals surface area contributed by atoms with Crippen LogP contribution in [0.2, 0.25) is 0 Å². The van der Waals surface area contributed by atoms with Gasteiger partial charge in [0.1, 0.15) is 23.7 Å². The first-order valence-corrected chi connectivity index (χ1v) is 16.1. The van der Waals surface area contributed by atoms with Crippen LogP contribution in [0.1, 0.15) is 52.9 Å². The Labute approximate surface area is 285 Å². The van der Waals surface area contributed by atoms with Crippen molar-refractivity contribution in [1.82, 2.24) is 0 Å². The molecular weight excluding hydrogens is 657 g/mol. The number of carbonyl (C=O) groups is 3. The van der Waals surface area contributed by atoms with Gasteiger partial charge in [-0.25, -0.2) is 9.59 Å². The van der Waals surface area contributed by atoms with Gasteiger partial charge in [0.2, 0.25) is 0 Å². The predicted molar refractivity (Wildman–Crippen MR) is 177 cm³/mol. The van der Waals surface area contributed by atoms with E-state index >= 15 is 0 Å². The lowest BCUT2D eigenvalue weighted by Crippen LogP contribution is -2.45. The zero-order valence-electron chi connectivity index (χ0n) is 26.6. The fourth-order valence-electron chi connectivity index (χ4n) is 4.59. The van der Waals surface area contributed by atoms with Gasteiger partial charge in [-0.1, -0.05) is 73.6 Å². The van der Waals surface area contributed by atoms with Crippen LogP contribution in [0, 0.1) is 11.8 Å². The standard InChI is InChI=1S/C33H47Cl2NO11/c1-4-5-13-26(47-33(36)45)29(35)24(38)18-25(39)31(42)30(41)20(3)22(34)12-8-6-10-19(2)11-7-9-14-28(40)46-27-17-21(32(43)44)15-16-23(27)37/h5-14,20-21,23-27,29-31,37-39,41-42H,4,15-18H2,1-3H3,(H2,36,45)(H,43,44)/b8-6+,11-7+,13-5+,14-9+,19-10+,22-12+/t20-,21-,23+,24-,25+,26+,27+,29+,30+,31-/m1/s1. The van der Waals surface area contributed by atoms with E-state index in [0.717, 1.165) is 5.57 Å².